The normalized spacial score (nSPS) is 10.7. The number of rotatable bonds is 3. The topological polar surface area (TPSA) is 95.2 Å². The third-order valence-corrected chi connectivity index (χ3v) is 2.53. The lowest BCUT2D eigenvalue weighted by Gasteiger charge is -2.10. The molecule has 0 radical (unpaired) electrons. The van der Waals surface area contributed by atoms with Gasteiger partial charge in [0.2, 0.25) is 0 Å². The van der Waals surface area contributed by atoms with E-state index in [9.17, 15) is 9.59 Å². The first-order chi connectivity index (χ1) is 7.99. The van der Waals surface area contributed by atoms with Gasteiger partial charge in [-0.05, 0) is 25.5 Å². The van der Waals surface area contributed by atoms with E-state index in [1.54, 1.807) is 19.9 Å². The number of carboxylic acid groups (broad SMARTS) is 1. The van der Waals surface area contributed by atoms with Crippen LogP contribution in [0, 0.1) is 13.8 Å². The van der Waals surface area contributed by atoms with Crippen molar-refractivity contribution < 1.29 is 14.6 Å². The van der Waals surface area contributed by atoms with Crippen LogP contribution in [-0.2, 0) is 4.79 Å². The zero-order chi connectivity index (χ0) is 12.6. The number of nitrogens with one attached hydrogen (secondary N) is 2. The van der Waals surface area contributed by atoms with Crippen LogP contribution in [0.25, 0.3) is 11.0 Å². The number of aromatic nitrogens is 2. The van der Waals surface area contributed by atoms with Gasteiger partial charge in [0, 0.05) is 5.56 Å². The highest BCUT2D eigenvalue weighted by molar-refractivity contribution is 5.82. The summed E-state index contributed by atoms with van der Waals surface area (Å²) in [7, 11) is 0. The van der Waals surface area contributed by atoms with E-state index in [0.29, 0.717) is 16.8 Å². The zero-order valence-corrected chi connectivity index (χ0v) is 9.46. The molecule has 2 rings (SSSR count). The number of aromatic amines is 2. The second-order valence-electron chi connectivity index (χ2n) is 3.83. The molecule has 90 valence electrons. The summed E-state index contributed by atoms with van der Waals surface area (Å²) in [6.45, 7) is 3.17. The fourth-order valence-corrected chi connectivity index (χ4v) is 1.85. The quantitative estimate of drug-likeness (QED) is 0.738. The number of hydrogen-bond donors (Lipinski definition) is 3. The van der Waals surface area contributed by atoms with Crippen LogP contribution < -0.4 is 10.4 Å². The molecule has 3 N–H and O–H groups in total. The Labute approximate surface area is 96.2 Å². The van der Waals surface area contributed by atoms with Gasteiger partial charge in [0.1, 0.15) is 5.75 Å². The molecule has 1 aromatic heterocycles. The molecule has 2 aromatic rings. The van der Waals surface area contributed by atoms with Crippen molar-refractivity contribution in [3.05, 3.63) is 27.7 Å². The molecular formula is C11H12N2O4. The summed E-state index contributed by atoms with van der Waals surface area (Å²) in [5, 5.41) is 8.58. The molecule has 0 saturated heterocycles. The van der Waals surface area contributed by atoms with Crippen molar-refractivity contribution in [1.29, 1.82) is 0 Å². The summed E-state index contributed by atoms with van der Waals surface area (Å²) < 4.78 is 5.21. The first-order valence-corrected chi connectivity index (χ1v) is 5.06. The van der Waals surface area contributed by atoms with E-state index < -0.39 is 12.6 Å². The van der Waals surface area contributed by atoms with Crippen LogP contribution in [0.15, 0.2) is 10.9 Å². The second-order valence-corrected chi connectivity index (χ2v) is 3.83. The molecule has 0 saturated carbocycles. The summed E-state index contributed by atoms with van der Waals surface area (Å²) in [5.41, 5.74) is 2.54. The van der Waals surface area contributed by atoms with Gasteiger partial charge in [-0.1, -0.05) is 0 Å². The molecular weight excluding hydrogens is 224 g/mol. The third kappa shape index (κ3) is 2.01. The lowest BCUT2D eigenvalue weighted by molar-refractivity contribution is -0.139. The van der Waals surface area contributed by atoms with Gasteiger partial charge in [-0.2, -0.15) is 0 Å². The first kappa shape index (κ1) is 11.3. The lowest BCUT2D eigenvalue weighted by Crippen LogP contribution is -2.11. The van der Waals surface area contributed by atoms with Crippen molar-refractivity contribution in [2.45, 2.75) is 13.8 Å². The van der Waals surface area contributed by atoms with Gasteiger partial charge >= 0.3 is 11.7 Å². The molecule has 0 aliphatic heterocycles. The maximum Gasteiger partial charge on any atom is 0.341 e. The molecule has 1 aromatic carbocycles. The molecule has 0 bridgehead atoms. The van der Waals surface area contributed by atoms with Crippen molar-refractivity contribution >= 4 is 17.0 Å². The van der Waals surface area contributed by atoms with E-state index in [2.05, 4.69) is 9.97 Å². The molecule has 17 heavy (non-hydrogen) atoms. The average Bonchev–Trinajstić information content (AvgIpc) is 2.58. The number of carbonyl (C=O) groups is 1. The summed E-state index contributed by atoms with van der Waals surface area (Å²) in [6.07, 6.45) is 0. The van der Waals surface area contributed by atoms with Crippen molar-refractivity contribution in [3.63, 3.8) is 0 Å². The Bertz CT molecular complexity index is 639. The number of hydrogen-bond acceptors (Lipinski definition) is 3. The van der Waals surface area contributed by atoms with Crippen LogP contribution in [0.3, 0.4) is 0 Å². The van der Waals surface area contributed by atoms with Gasteiger partial charge in [-0.15, -0.1) is 0 Å². The monoisotopic (exact) mass is 236 g/mol. The highest BCUT2D eigenvalue weighted by atomic mass is 16.5. The Morgan fingerprint density at radius 3 is 2.76 bits per heavy atom. The van der Waals surface area contributed by atoms with Crippen LogP contribution in [0.2, 0.25) is 0 Å². The molecule has 0 aliphatic carbocycles. The van der Waals surface area contributed by atoms with Crippen molar-refractivity contribution in [2.75, 3.05) is 6.61 Å². The van der Waals surface area contributed by atoms with Gasteiger partial charge in [0.05, 0.1) is 11.0 Å². The minimum atomic E-state index is -1.04. The largest absolute Gasteiger partial charge is 0.481 e. The fourth-order valence-electron chi connectivity index (χ4n) is 1.85. The minimum Gasteiger partial charge on any atom is -0.481 e. The summed E-state index contributed by atoms with van der Waals surface area (Å²) in [5.74, 6) is -0.540. The number of benzene rings is 1. The minimum absolute atomic E-state index is 0.294. The fraction of sp³-hybridized carbons (Fsp3) is 0.273. The van der Waals surface area contributed by atoms with E-state index in [1.807, 2.05) is 0 Å². The maximum absolute atomic E-state index is 11.2. The molecule has 0 fully saturated rings. The SMILES string of the molecule is Cc1cc2[nH]c(=O)[nH]c2c(C)c1OCC(=O)O. The number of H-pyrrole nitrogens is 2. The number of aryl methyl sites for hydroxylation is 2. The van der Waals surface area contributed by atoms with E-state index in [0.717, 1.165) is 11.1 Å². The molecule has 0 atom stereocenters. The van der Waals surface area contributed by atoms with E-state index >= 15 is 0 Å². The van der Waals surface area contributed by atoms with E-state index in [-0.39, 0.29) is 5.69 Å². The number of carboxylic acids is 1. The lowest BCUT2D eigenvalue weighted by atomic mass is 10.1. The molecule has 1 heterocycles. The van der Waals surface area contributed by atoms with Gasteiger partial charge in [0.25, 0.3) is 0 Å². The Hall–Kier alpha value is -2.24. The summed E-state index contributed by atoms with van der Waals surface area (Å²) in [6, 6.07) is 1.75. The molecule has 0 amide bonds. The second kappa shape index (κ2) is 3.97. The number of ether oxygens (including phenoxy) is 1. The highest BCUT2D eigenvalue weighted by Crippen LogP contribution is 2.28. The van der Waals surface area contributed by atoms with Crippen molar-refractivity contribution in [3.8, 4) is 5.75 Å². The summed E-state index contributed by atoms with van der Waals surface area (Å²) in [4.78, 5) is 27.0. The number of imidazole rings is 1. The smallest absolute Gasteiger partial charge is 0.341 e. The molecule has 0 unspecified atom stereocenters. The number of aliphatic carboxylic acids is 1. The van der Waals surface area contributed by atoms with Crippen LogP contribution in [0.1, 0.15) is 11.1 Å². The Morgan fingerprint density at radius 1 is 1.41 bits per heavy atom. The third-order valence-electron chi connectivity index (χ3n) is 2.53. The Balaban J connectivity index is 2.54. The average molecular weight is 236 g/mol. The van der Waals surface area contributed by atoms with Gasteiger partial charge in [-0.3, -0.25) is 0 Å². The molecule has 6 heteroatoms. The highest BCUT2D eigenvalue weighted by Gasteiger charge is 2.12. The first-order valence-electron chi connectivity index (χ1n) is 5.06. The Morgan fingerprint density at radius 2 is 2.12 bits per heavy atom. The van der Waals surface area contributed by atoms with Crippen LogP contribution in [-0.4, -0.2) is 27.7 Å². The van der Waals surface area contributed by atoms with Gasteiger partial charge < -0.3 is 19.8 Å². The van der Waals surface area contributed by atoms with E-state index in [4.69, 9.17) is 9.84 Å². The maximum atomic E-state index is 11.2. The standard InChI is InChI=1S/C11H12N2O4/c1-5-3-7-9(13-11(16)12-7)6(2)10(5)17-4-8(14)15/h3H,4H2,1-2H3,(H,14,15)(H2,12,13,16). The molecule has 0 spiro atoms. The van der Waals surface area contributed by atoms with Crippen molar-refractivity contribution in [2.24, 2.45) is 0 Å². The predicted molar refractivity (Wildman–Crippen MR) is 61.5 cm³/mol. The molecule has 0 aliphatic rings. The molecule has 6 nitrogen and oxygen atoms in total. The van der Waals surface area contributed by atoms with Gasteiger partial charge in [-0.25, -0.2) is 9.59 Å². The zero-order valence-electron chi connectivity index (χ0n) is 9.46. The number of fused-ring (bicyclic) bond motifs is 1. The predicted octanol–water partition coefficient (Wildman–Crippen LogP) is 0.936. The van der Waals surface area contributed by atoms with Crippen LogP contribution >= 0.6 is 0 Å². The summed E-state index contributed by atoms with van der Waals surface area (Å²) >= 11 is 0. The van der Waals surface area contributed by atoms with Crippen molar-refractivity contribution in [1.82, 2.24) is 9.97 Å². The van der Waals surface area contributed by atoms with E-state index in [1.165, 1.54) is 0 Å². The van der Waals surface area contributed by atoms with Crippen LogP contribution in [0.4, 0.5) is 0 Å². The van der Waals surface area contributed by atoms with Crippen LogP contribution in [0.5, 0.6) is 5.75 Å². The Kier molecular flexibility index (Phi) is 2.63. The van der Waals surface area contributed by atoms with Gasteiger partial charge in [0.15, 0.2) is 6.61 Å².